The van der Waals surface area contributed by atoms with Gasteiger partial charge in [0.25, 0.3) is 0 Å². The molecule has 2 unspecified atom stereocenters. The van der Waals surface area contributed by atoms with Crippen molar-refractivity contribution in [1.82, 2.24) is 0 Å². The number of esters is 2. The molecule has 0 aliphatic heterocycles. The Bertz CT molecular complexity index is 1900. The number of aromatic hydroxyl groups is 2. The highest BCUT2D eigenvalue weighted by atomic mass is 16.5. The van der Waals surface area contributed by atoms with Crippen LogP contribution in [0.15, 0.2) is 107 Å². The number of ketones is 2. The lowest BCUT2D eigenvalue weighted by Gasteiger charge is -2.19. The van der Waals surface area contributed by atoms with Crippen molar-refractivity contribution < 1.29 is 38.9 Å². The third kappa shape index (κ3) is 9.02. The summed E-state index contributed by atoms with van der Waals surface area (Å²) in [6.45, 7) is 2.84. The molecule has 2 atom stereocenters. The van der Waals surface area contributed by atoms with Crippen LogP contribution in [0.2, 0.25) is 0 Å². The van der Waals surface area contributed by atoms with Gasteiger partial charge in [-0.25, -0.2) is 0 Å². The summed E-state index contributed by atoms with van der Waals surface area (Å²) in [6.07, 6.45) is -0.882. The Labute approximate surface area is 287 Å². The van der Waals surface area contributed by atoms with Crippen LogP contribution in [0.4, 0.5) is 0 Å². The van der Waals surface area contributed by atoms with E-state index in [9.17, 15) is 39.9 Å². The fraction of sp³-hybridized carbons (Fsp3) is 0.211. The molecule has 0 aliphatic rings. The first-order valence-electron chi connectivity index (χ1n) is 15.4. The van der Waals surface area contributed by atoms with Crippen LogP contribution in [-0.4, -0.2) is 44.8 Å². The van der Waals surface area contributed by atoms with E-state index in [0.717, 1.165) is 0 Å². The van der Waals surface area contributed by atoms with Crippen LogP contribution in [0.25, 0.3) is 0 Å². The van der Waals surface area contributed by atoms with E-state index >= 15 is 0 Å². The highest BCUT2D eigenvalue weighted by Gasteiger charge is 2.31. The molecule has 50 heavy (non-hydrogen) atoms. The highest BCUT2D eigenvalue weighted by molar-refractivity contribution is 6.13. The summed E-state index contributed by atoms with van der Waals surface area (Å²) >= 11 is 0. The van der Waals surface area contributed by atoms with E-state index in [4.69, 9.17) is 9.47 Å². The quantitative estimate of drug-likeness (QED) is 0.0632. The molecule has 4 rings (SSSR count). The van der Waals surface area contributed by atoms with Gasteiger partial charge in [-0.1, -0.05) is 48.5 Å². The van der Waals surface area contributed by atoms with E-state index in [2.05, 4.69) is 10.2 Å². The predicted octanol–water partition coefficient (Wildman–Crippen LogP) is 6.65. The average molecular weight is 673 g/mol. The second-order valence-electron chi connectivity index (χ2n) is 11.6. The summed E-state index contributed by atoms with van der Waals surface area (Å²) in [5.74, 6) is -3.12. The molecule has 0 amide bonds. The summed E-state index contributed by atoms with van der Waals surface area (Å²) in [7, 11) is 0. The normalized spacial score (nSPS) is 13.2. The Morgan fingerprint density at radius 2 is 0.900 bits per heavy atom. The molecule has 0 bridgehead atoms. The van der Waals surface area contributed by atoms with Crippen LogP contribution in [0.5, 0.6) is 23.0 Å². The highest BCUT2D eigenvalue weighted by Crippen LogP contribution is 2.29. The molecule has 0 fully saturated rings. The first-order chi connectivity index (χ1) is 23.9. The number of azo groups is 1. The number of hydrogen-bond donors (Lipinski definition) is 2. The van der Waals surface area contributed by atoms with E-state index in [1.165, 1.54) is 62.4 Å². The van der Waals surface area contributed by atoms with Crippen molar-refractivity contribution in [3.05, 3.63) is 119 Å². The van der Waals surface area contributed by atoms with Crippen LogP contribution in [0.1, 0.15) is 71.4 Å². The van der Waals surface area contributed by atoms with Crippen molar-refractivity contribution in [2.75, 3.05) is 0 Å². The SMILES string of the molecule is CC(C#N)(CCC(=O)Oc1ccccc1C(=O)c1ccccc1O)/N=N\C(C)(C#N)CCC(=O)Oc1ccccc1C(=O)c1ccccc1O. The van der Waals surface area contributed by atoms with Crippen molar-refractivity contribution in [3.8, 4) is 35.1 Å². The minimum absolute atomic E-state index is 0.0276. The zero-order chi connectivity index (χ0) is 36.3. The summed E-state index contributed by atoms with van der Waals surface area (Å²) in [5.41, 5.74) is -2.92. The number of ether oxygens (including phenoxy) is 2. The first-order valence-corrected chi connectivity index (χ1v) is 15.4. The lowest BCUT2D eigenvalue weighted by Crippen LogP contribution is -2.26. The van der Waals surface area contributed by atoms with Gasteiger partial charge in [0.05, 0.1) is 34.4 Å². The van der Waals surface area contributed by atoms with Crippen LogP contribution >= 0.6 is 0 Å². The number of carbonyl (C=O) groups is 4. The van der Waals surface area contributed by atoms with Gasteiger partial charge in [-0.15, -0.1) is 0 Å². The van der Waals surface area contributed by atoms with E-state index in [0.29, 0.717) is 0 Å². The molecule has 4 aromatic rings. The number of phenolic OH excluding ortho intramolecular Hbond substituents is 2. The third-order valence-corrected chi connectivity index (χ3v) is 7.61. The van der Waals surface area contributed by atoms with Crippen molar-refractivity contribution in [2.45, 2.75) is 50.6 Å². The maximum absolute atomic E-state index is 13.0. The van der Waals surface area contributed by atoms with Gasteiger partial charge in [-0.05, 0) is 75.2 Å². The number of hydrogen-bond acceptors (Lipinski definition) is 12. The molecule has 0 radical (unpaired) electrons. The Balaban J connectivity index is 1.37. The third-order valence-electron chi connectivity index (χ3n) is 7.61. The number of benzene rings is 4. The van der Waals surface area contributed by atoms with Crippen molar-refractivity contribution >= 4 is 23.5 Å². The largest absolute Gasteiger partial charge is 0.507 e. The number of para-hydroxylation sites is 4. The fourth-order valence-corrected chi connectivity index (χ4v) is 4.62. The molecular formula is C38H32N4O8. The standard InChI is InChI=1S/C38H32N4O8/c1-37(23-39,21-19-33(45)49-31-17-9-5-13-27(31)35(47)25-11-3-7-15-29(25)43)41-42-38(2,24-40)22-20-34(46)50-32-18-10-6-14-28(32)36(48)26-12-4-8-16-30(26)44/h3-18,43-44H,19-22H2,1-2H3/b42-41-. The van der Waals surface area contributed by atoms with Crippen LogP contribution in [0, 0.1) is 22.7 Å². The zero-order valence-corrected chi connectivity index (χ0v) is 27.2. The number of carbonyl (C=O) groups excluding carboxylic acids is 4. The number of nitrogens with zero attached hydrogens (tertiary/aromatic N) is 4. The van der Waals surface area contributed by atoms with Gasteiger partial charge < -0.3 is 19.7 Å². The molecule has 252 valence electrons. The number of rotatable bonds is 14. The summed E-state index contributed by atoms with van der Waals surface area (Å²) in [4.78, 5) is 51.7. The van der Waals surface area contributed by atoms with E-state index < -0.39 is 34.6 Å². The second kappa shape index (κ2) is 16.0. The lowest BCUT2D eigenvalue weighted by molar-refractivity contribution is -0.135. The topological polar surface area (TPSA) is 199 Å². The van der Waals surface area contributed by atoms with Gasteiger partial charge in [0, 0.05) is 12.8 Å². The van der Waals surface area contributed by atoms with Crippen molar-refractivity contribution in [3.63, 3.8) is 0 Å². The number of phenols is 2. The summed E-state index contributed by atoms with van der Waals surface area (Å²) in [5, 5.41) is 48.0. The first kappa shape index (κ1) is 36.2. The van der Waals surface area contributed by atoms with Gasteiger partial charge >= 0.3 is 11.9 Å². The summed E-state index contributed by atoms with van der Waals surface area (Å²) in [6, 6.07) is 28.0. The predicted molar refractivity (Wildman–Crippen MR) is 179 cm³/mol. The molecule has 0 heterocycles. The van der Waals surface area contributed by atoms with Gasteiger partial charge in [-0.2, -0.15) is 20.8 Å². The molecule has 12 heteroatoms. The van der Waals surface area contributed by atoms with Crippen molar-refractivity contribution in [2.24, 2.45) is 10.2 Å². The van der Waals surface area contributed by atoms with Gasteiger partial charge in [0.1, 0.15) is 23.0 Å². The van der Waals surface area contributed by atoms with Gasteiger partial charge in [-0.3, -0.25) is 19.2 Å². The second-order valence-corrected chi connectivity index (χ2v) is 11.6. The average Bonchev–Trinajstić information content (AvgIpc) is 3.12. The molecule has 0 saturated heterocycles. The van der Waals surface area contributed by atoms with Crippen molar-refractivity contribution in [1.29, 1.82) is 10.5 Å². The molecule has 2 N–H and O–H groups in total. The Morgan fingerprint density at radius 1 is 0.580 bits per heavy atom. The van der Waals surface area contributed by atoms with Crippen LogP contribution in [0.3, 0.4) is 0 Å². The van der Waals surface area contributed by atoms with E-state index in [1.54, 1.807) is 48.5 Å². The molecule has 0 saturated carbocycles. The monoisotopic (exact) mass is 672 g/mol. The molecule has 4 aromatic carbocycles. The number of nitriles is 2. The maximum atomic E-state index is 13.0. The molecule has 0 aromatic heterocycles. The molecule has 0 aliphatic carbocycles. The Morgan fingerprint density at radius 3 is 1.24 bits per heavy atom. The minimum Gasteiger partial charge on any atom is -0.507 e. The Kier molecular flexibility index (Phi) is 11.5. The summed E-state index contributed by atoms with van der Waals surface area (Å²) < 4.78 is 10.9. The molecular weight excluding hydrogens is 640 g/mol. The van der Waals surface area contributed by atoms with Gasteiger partial charge in [0.2, 0.25) is 0 Å². The minimum atomic E-state index is -1.55. The Hall–Kier alpha value is -6.66. The smallest absolute Gasteiger partial charge is 0.311 e. The lowest BCUT2D eigenvalue weighted by atomic mass is 9.97. The zero-order valence-electron chi connectivity index (χ0n) is 27.2. The van der Waals surface area contributed by atoms with E-state index in [1.807, 2.05) is 12.1 Å². The van der Waals surface area contributed by atoms with Crippen LogP contribution < -0.4 is 9.47 Å². The van der Waals surface area contributed by atoms with Gasteiger partial charge in [0.15, 0.2) is 22.6 Å². The van der Waals surface area contributed by atoms with Crippen LogP contribution in [-0.2, 0) is 9.59 Å². The fourth-order valence-electron chi connectivity index (χ4n) is 4.62. The molecule has 12 nitrogen and oxygen atoms in total. The van der Waals surface area contributed by atoms with E-state index in [-0.39, 0.29) is 70.9 Å². The molecule has 0 spiro atoms. The maximum Gasteiger partial charge on any atom is 0.311 e.